The molecule has 3 heteroatoms. The van der Waals surface area contributed by atoms with Crippen LogP contribution in [-0.4, -0.2) is 0 Å². The zero-order chi connectivity index (χ0) is 10.1. The molecule has 1 aromatic heterocycles. The zero-order valence-corrected chi connectivity index (χ0v) is 10.9. The zero-order valence-electron chi connectivity index (χ0n) is 8.48. The van der Waals surface area contributed by atoms with Crippen LogP contribution in [0.4, 0.5) is 0 Å². The standard InChI is InChI=1S/C11H16BrNS/c1-2-7-4-3-5-9-10(7)8(6-13)11(12)14-9/h7H,2-6,13H2,1H3. The van der Waals surface area contributed by atoms with Gasteiger partial charge in [-0.15, -0.1) is 11.3 Å². The molecule has 0 saturated carbocycles. The third kappa shape index (κ3) is 1.66. The van der Waals surface area contributed by atoms with Gasteiger partial charge in [-0.05, 0) is 58.7 Å². The van der Waals surface area contributed by atoms with Crippen molar-refractivity contribution >= 4 is 27.3 Å². The Kier molecular flexibility index (Phi) is 3.30. The lowest BCUT2D eigenvalue weighted by Gasteiger charge is -2.22. The molecule has 0 bridgehead atoms. The van der Waals surface area contributed by atoms with E-state index in [4.69, 9.17) is 5.73 Å². The van der Waals surface area contributed by atoms with Gasteiger partial charge < -0.3 is 5.73 Å². The molecular formula is C11H16BrNS. The minimum absolute atomic E-state index is 0.683. The molecule has 2 rings (SSSR count). The summed E-state index contributed by atoms with van der Waals surface area (Å²) in [5, 5.41) is 0. The first-order valence-electron chi connectivity index (χ1n) is 5.27. The van der Waals surface area contributed by atoms with Gasteiger partial charge in [0.05, 0.1) is 3.79 Å². The van der Waals surface area contributed by atoms with Gasteiger partial charge in [-0.25, -0.2) is 0 Å². The second kappa shape index (κ2) is 4.33. The molecule has 1 aliphatic rings. The smallest absolute Gasteiger partial charge is 0.0749 e. The quantitative estimate of drug-likeness (QED) is 0.872. The largest absolute Gasteiger partial charge is 0.326 e. The van der Waals surface area contributed by atoms with E-state index in [9.17, 15) is 0 Å². The summed E-state index contributed by atoms with van der Waals surface area (Å²) in [7, 11) is 0. The third-order valence-electron chi connectivity index (χ3n) is 3.14. The highest BCUT2D eigenvalue weighted by molar-refractivity contribution is 9.11. The highest BCUT2D eigenvalue weighted by atomic mass is 79.9. The van der Waals surface area contributed by atoms with E-state index >= 15 is 0 Å². The number of thiophene rings is 1. The fraction of sp³-hybridized carbons (Fsp3) is 0.636. The monoisotopic (exact) mass is 273 g/mol. The average Bonchev–Trinajstić information content (AvgIpc) is 2.52. The molecule has 78 valence electrons. The molecule has 1 unspecified atom stereocenters. The Hall–Kier alpha value is 0.140. The fourth-order valence-electron chi connectivity index (χ4n) is 2.41. The number of fused-ring (bicyclic) bond motifs is 1. The van der Waals surface area contributed by atoms with Gasteiger partial charge in [0.1, 0.15) is 0 Å². The van der Waals surface area contributed by atoms with E-state index < -0.39 is 0 Å². The predicted octanol–water partition coefficient (Wildman–Crippen LogP) is 3.80. The van der Waals surface area contributed by atoms with E-state index in [2.05, 4.69) is 22.9 Å². The fourth-order valence-corrected chi connectivity index (χ4v) is 4.55. The Labute approximate surface area is 97.8 Å². The number of nitrogens with two attached hydrogens (primary N) is 1. The molecule has 0 saturated heterocycles. The lowest BCUT2D eigenvalue weighted by molar-refractivity contribution is 0.541. The van der Waals surface area contributed by atoms with E-state index in [1.54, 1.807) is 10.4 Å². The summed E-state index contributed by atoms with van der Waals surface area (Å²) in [6.07, 6.45) is 5.21. The Bertz CT molecular complexity index is 332. The molecule has 0 radical (unpaired) electrons. The number of rotatable bonds is 2. The molecule has 0 spiro atoms. The predicted molar refractivity (Wildman–Crippen MR) is 65.9 cm³/mol. The highest BCUT2D eigenvalue weighted by Gasteiger charge is 2.25. The number of aryl methyl sites for hydroxylation is 1. The number of halogens is 1. The van der Waals surface area contributed by atoms with Crippen LogP contribution in [0.1, 0.15) is 48.1 Å². The van der Waals surface area contributed by atoms with Crippen molar-refractivity contribution in [2.75, 3.05) is 0 Å². The van der Waals surface area contributed by atoms with Gasteiger partial charge >= 0.3 is 0 Å². The Balaban J connectivity index is 2.47. The van der Waals surface area contributed by atoms with Gasteiger partial charge in [0.15, 0.2) is 0 Å². The van der Waals surface area contributed by atoms with Crippen LogP contribution in [0, 0.1) is 0 Å². The molecule has 2 N–H and O–H groups in total. The van der Waals surface area contributed by atoms with Gasteiger partial charge in [-0.2, -0.15) is 0 Å². The molecule has 1 heterocycles. The average molecular weight is 274 g/mol. The molecule has 0 aromatic carbocycles. The van der Waals surface area contributed by atoms with Gasteiger partial charge in [-0.3, -0.25) is 0 Å². The maximum absolute atomic E-state index is 5.81. The lowest BCUT2D eigenvalue weighted by atomic mass is 9.84. The van der Waals surface area contributed by atoms with Crippen molar-refractivity contribution in [2.45, 2.75) is 45.1 Å². The summed E-state index contributed by atoms with van der Waals surface area (Å²) in [4.78, 5) is 1.58. The Morgan fingerprint density at radius 1 is 1.57 bits per heavy atom. The van der Waals surface area contributed by atoms with Crippen LogP contribution < -0.4 is 5.73 Å². The Morgan fingerprint density at radius 3 is 3.00 bits per heavy atom. The Morgan fingerprint density at radius 2 is 2.36 bits per heavy atom. The minimum Gasteiger partial charge on any atom is -0.326 e. The number of hydrogen-bond donors (Lipinski definition) is 1. The molecule has 1 aliphatic carbocycles. The van der Waals surface area contributed by atoms with Crippen molar-refractivity contribution in [3.8, 4) is 0 Å². The van der Waals surface area contributed by atoms with Gasteiger partial charge in [0.2, 0.25) is 0 Å². The molecule has 1 atom stereocenters. The first-order chi connectivity index (χ1) is 6.77. The topological polar surface area (TPSA) is 26.0 Å². The van der Waals surface area contributed by atoms with Crippen LogP contribution >= 0.6 is 27.3 Å². The molecule has 0 aliphatic heterocycles. The van der Waals surface area contributed by atoms with Crippen molar-refractivity contribution in [1.82, 2.24) is 0 Å². The lowest BCUT2D eigenvalue weighted by Crippen LogP contribution is -2.10. The molecular weight excluding hydrogens is 258 g/mol. The van der Waals surface area contributed by atoms with Crippen molar-refractivity contribution in [2.24, 2.45) is 5.73 Å². The van der Waals surface area contributed by atoms with Crippen LogP contribution in [0.3, 0.4) is 0 Å². The van der Waals surface area contributed by atoms with Gasteiger partial charge in [0.25, 0.3) is 0 Å². The van der Waals surface area contributed by atoms with Crippen LogP contribution in [0.25, 0.3) is 0 Å². The summed E-state index contributed by atoms with van der Waals surface area (Å²) in [5.41, 5.74) is 8.77. The third-order valence-corrected chi connectivity index (χ3v) is 5.20. The summed E-state index contributed by atoms with van der Waals surface area (Å²) >= 11 is 5.53. The summed E-state index contributed by atoms with van der Waals surface area (Å²) in [6, 6.07) is 0. The van der Waals surface area contributed by atoms with E-state index in [0.29, 0.717) is 6.54 Å². The van der Waals surface area contributed by atoms with Crippen LogP contribution in [0.15, 0.2) is 3.79 Å². The second-order valence-electron chi connectivity index (χ2n) is 3.89. The van der Waals surface area contributed by atoms with E-state index in [0.717, 1.165) is 5.92 Å². The van der Waals surface area contributed by atoms with E-state index in [1.807, 2.05) is 11.3 Å². The number of hydrogen-bond acceptors (Lipinski definition) is 2. The molecule has 1 aromatic rings. The van der Waals surface area contributed by atoms with Crippen molar-refractivity contribution in [3.63, 3.8) is 0 Å². The van der Waals surface area contributed by atoms with Crippen LogP contribution in [0.2, 0.25) is 0 Å². The second-order valence-corrected chi connectivity index (χ2v) is 6.32. The first kappa shape index (κ1) is 10.7. The van der Waals surface area contributed by atoms with Gasteiger partial charge in [0, 0.05) is 11.4 Å². The first-order valence-corrected chi connectivity index (χ1v) is 6.88. The summed E-state index contributed by atoms with van der Waals surface area (Å²) in [6.45, 7) is 2.97. The molecule has 0 fully saturated rings. The molecule has 14 heavy (non-hydrogen) atoms. The normalized spacial score (nSPS) is 20.9. The van der Waals surface area contributed by atoms with E-state index in [-0.39, 0.29) is 0 Å². The maximum Gasteiger partial charge on any atom is 0.0749 e. The SMILES string of the molecule is CCC1CCCc2sc(Br)c(CN)c21. The molecule has 1 nitrogen and oxygen atoms in total. The highest BCUT2D eigenvalue weighted by Crippen LogP contribution is 2.44. The van der Waals surface area contributed by atoms with Crippen molar-refractivity contribution < 1.29 is 0 Å². The molecule has 0 amide bonds. The van der Waals surface area contributed by atoms with Crippen LogP contribution in [-0.2, 0) is 13.0 Å². The minimum atomic E-state index is 0.683. The van der Waals surface area contributed by atoms with Crippen LogP contribution in [0.5, 0.6) is 0 Å². The van der Waals surface area contributed by atoms with Gasteiger partial charge in [-0.1, -0.05) is 6.92 Å². The van der Waals surface area contributed by atoms with Crippen molar-refractivity contribution in [3.05, 3.63) is 19.8 Å². The van der Waals surface area contributed by atoms with Crippen molar-refractivity contribution in [1.29, 1.82) is 0 Å². The van der Waals surface area contributed by atoms with E-state index in [1.165, 1.54) is 35.0 Å². The maximum atomic E-state index is 5.81. The summed E-state index contributed by atoms with van der Waals surface area (Å²) in [5.74, 6) is 0.764. The summed E-state index contributed by atoms with van der Waals surface area (Å²) < 4.78 is 1.27.